The lowest BCUT2D eigenvalue weighted by Crippen LogP contribution is -2.36. The van der Waals surface area contributed by atoms with Gasteiger partial charge in [-0.05, 0) is 47.4 Å². The number of carbonyl (C=O) groups excluding carboxylic acids is 2. The molecule has 2 rings (SSSR count). The van der Waals surface area contributed by atoms with Crippen LogP contribution in [0.1, 0.15) is 53.1 Å². The predicted octanol–water partition coefficient (Wildman–Crippen LogP) is 3.33. The molecule has 0 aliphatic rings. The van der Waals surface area contributed by atoms with Crippen LogP contribution in [0.25, 0.3) is 0 Å². The largest absolute Gasteiger partial charge is 0.497 e. The molecule has 6 heteroatoms. The van der Waals surface area contributed by atoms with Gasteiger partial charge in [0.1, 0.15) is 5.75 Å². The van der Waals surface area contributed by atoms with Gasteiger partial charge >= 0.3 is 0 Å². The summed E-state index contributed by atoms with van der Waals surface area (Å²) < 4.78 is 5.11. The third-order valence-electron chi connectivity index (χ3n) is 4.10. The Morgan fingerprint density at radius 1 is 0.923 bits per heavy atom. The summed E-state index contributed by atoms with van der Waals surface area (Å²) in [5.41, 5.74) is 3.10. The molecule has 2 aromatic carbocycles. The van der Waals surface area contributed by atoms with Gasteiger partial charge in [-0.25, -0.2) is 5.48 Å². The molecule has 1 unspecified atom stereocenters. The minimum absolute atomic E-state index is 0.190. The molecule has 0 aromatic heterocycles. The third kappa shape index (κ3) is 4.61. The highest BCUT2D eigenvalue weighted by Crippen LogP contribution is 2.33. The normalized spacial score (nSPS) is 12.2. The number of carbonyl (C=O) groups is 2. The summed E-state index contributed by atoms with van der Waals surface area (Å²) in [5.74, 6) is -0.0810. The van der Waals surface area contributed by atoms with E-state index in [-0.39, 0.29) is 17.4 Å². The van der Waals surface area contributed by atoms with Crippen LogP contribution in [0.15, 0.2) is 48.5 Å². The van der Waals surface area contributed by atoms with Crippen LogP contribution in [0.3, 0.4) is 0 Å². The van der Waals surface area contributed by atoms with Crippen LogP contribution in [-0.2, 0) is 0 Å². The molecule has 6 nitrogen and oxygen atoms in total. The van der Waals surface area contributed by atoms with Gasteiger partial charge in [0.15, 0.2) is 0 Å². The summed E-state index contributed by atoms with van der Waals surface area (Å²) in [6, 6.07) is 13.4. The molecule has 0 aliphatic carbocycles. The van der Waals surface area contributed by atoms with Gasteiger partial charge in [0.05, 0.1) is 13.2 Å². The van der Waals surface area contributed by atoms with E-state index in [1.807, 2.05) is 20.8 Å². The standard InChI is InChI=1S/C20H24N2O4/c1-20(2,3)17(13-5-7-15(8-6-13)19(24)22-25)21-18(23)14-9-11-16(26-4)12-10-14/h5-12,17,25H,1-4H3,(H,21,23)(H,22,24). The average molecular weight is 356 g/mol. The Balaban J connectivity index is 2.24. The molecule has 0 radical (unpaired) electrons. The summed E-state index contributed by atoms with van der Waals surface area (Å²) in [6.45, 7) is 6.08. The first-order chi connectivity index (χ1) is 12.3. The van der Waals surface area contributed by atoms with Crippen LogP contribution >= 0.6 is 0 Å². The van der Waals surface area contributed by atoms with E-state index >= 15 is 0 Å². The Labute approximate surface area is 153 Å². The third-order valence-corrected chi connectivity index (χ3v) is 4.10. The molecular formula is C20H24N2O4. The first-order valence-electron chi connectivity index (χ1n) is 8.25. The molecule has 0 saturated carbocycles. The highest BCUT2D eigenvalue weighted by Gasteiger charge is 2.28. The molecule has 0 spiro atoms. The lowest BCUT2D eigenvalue weighted by Gasteiger charge is -2.32. The van der Waals surface area contributed by atoms with Gasteiger partial charge in [-0.3, -0.25) is 14.8 Å². The minimum atomic E-state index is -0.578. The topological polar surface area (TPSA) is 87.7 Å². The highest BCUT2D eigenvalue weighted by molar-refractivity contribution is 5.95. The zero-order valence-corrected chi connectivity index (χ0v) is 15.4. The van der Waals surface area contributed by atoms with Crippen LogP contribution < -0.4 is 15.5 Å². The van der Waals surface area contributed by atoms with E-state index in [1.165, 1.54) is 0 Å². The number of rotatable bonds is 5. The Kier molecular flexibility index (Phi) is 6.00. The second-order valence-corrected chi connectivity index (χ2v) is 7.06. The SMILES string of the molecule is COc1ccc(C(=O)NC(c2ccc(C(=O)NO)cc2)C(C)(C)C)cc1. The van der Waals surface area contributed by atoms with Crippen molar-refractivity contribution >= 4 is 11.8 Å². The second kappa shape index (κ2) is 8.01. The number of hydroxylamine groups is 1. The monoisotopic (exact) mass is 356 g/mol. The molecular weight excluding hydrogens is 332 g/mol. The number of ether oxygens (including phenoxy) is 1. The van der Waals surface area contributed by atoms with E-state index in [1.54, 1.807) is 61.1 Å². The summed E-state index contributed by atoms with van der Waals surface area (Å²) in [5, 5.41) is 11.8. The Morgan fingerprint density at radius 3 is 1.88 bits per heavy atom. The lowest BCUT2D eigenvalue weighted by atomic mass is 9.82. The van der Waals surface area contributed by atoms with Gasteiger partial charge in [-0.2, -0.15) is 0 Å². The summed E-state index contributed by atoms with van der Waals surface area (Å²) in [7, 11) is 1.57. The molecule has 0 aliphatic heterocycles. The van der Waals surface area contributed by atoms with Crippen molar-refractivity contribution in [2.75, 3.05) is 7.11 Å². The van der Waals surface area contributed by atoms with E-state index in [0.717, 1.165) is 5.56 Å². The van der Waals surface area contributed by atoms with E-state index < -0.39 is 5.91 Å². The van der Waals surface area contributed by atoms with E-state index in [9.17, 15) is 9.59 Å². The van der Waals surface area contributed by atoms with Crippen LogP contribution in [-0.4, -0.2) is 24.1 Å². The summed E-state index contributed by atoms with van der Waals surface area (Å²) >= 11 is 0. The Morgan fingerprint density at radius 2 is 1.42 bits per heavy atom. The van der Waals surface area contributed by atoms with Crippen LogP contribution in [0, 0.1) is 5.41 Å². The Hall–Kier alpha value is -2.86. The first kappa shape index (κ1) is 19.5. The zero-order chi connectivity index (χ0) is 19.3. The van der Waals surface area contributed by atoms with Crippen molar-refractivity contribution < 1.29 is 19.5 Å². The molecule has 2 aromatic rings. The van der Waals surface area contributed by atoms with Crippen molar-refractivity contribution in [3.05, 3.63) is 65.2 Å². The molecule has 2 amide bonds. The molecule has 0 bridgehead atoms. The van der Waals surface area contributed by atoms with Gasteiger partial charge in [0.2, 0.25) is 0 Å². The molecule has 0 heterocycles. The lowest BCUT2D eigenvalue weighted by molar-refractivity contribution is 0.0706. The highest BCUT2D eigenvalue weighted by atomic mass is 16.5. The zero-order valence-electron chi connectivity index (χ0n) is 15.4. The number of methoxy groups -OCH3 is 1. The van der Waals surface area contributed by atoms with E-state index in [0.29, 0.717) is 16.9 Å². The number of hydrogen-bond donors (Lipinski definition) is 3. The van der Waals surface area contributed by atoms with Crippen molar-refractivity contribution in [2.45, 2.75) is 26.8 Å². The number of hydrogen-bond acceptors (Lipinski definition) is 4. The van der Waals surface area contributed by atoms with Gasteiger partial charge in [0.25, 0.3) is 11.8 Å². The Bertz CT molecular complexity index is 762. The second-order valence-electron chi connectivity index (χ2n) is 7.06. The first-order valence-corrected chi connectivity index (χ1v) is 8.25. The fourth-order valence-corrected chi connectivity index (χ4v) is 2.65. The maximum absolute atomic E-state index is 12.6. The molecule has 1 atom stereocenters. The summed E-state index contributed by atoms with van der Waals surface area (Å²) in [6.07, 6.45) is 0. The molecule has 3 N–H and O–H groups in total. The van der Waals surface area contributed by atoms with Gasteiger partial charge in [-0.1, -0.05) is 32.9 Å². The van der Waals surface area contributed by atoms with Crippen LogP contribution in [0.2, 0.25) is 0 Å². The molecule has 0 saturated heterocycles. The van der Waals surface area contributed by atoms with Crippen molar-refractivity contribution in [2.24, 2.45) is 5.41 Å². The van der Waals surface area contributed by atoms with Crippen molar-refractivity contribution in [3.63, 3.8) is 0 Å². The quantitative estimate of drug-likeness (QED) is 0.566. The smallest absolute Gasteiger partial charge is 0.274 e. The number of benzene rings is 2. The predicted molar refractivity (Wildman–Crippen MR) is 98.4 cm³/mol. The van der Waals surface area contributed by atoms with Crippen LogP contribution in [0.4, 0.5) is 0 Å². The number of amides is 2. The average Bonchev–Trinajstić information content (AvgIpc) is 2.64. The fourth-order valence-electron chi connectivity index (χ4n) is 2.65. The fraction of sp³-hybridized carbons (Fsp3) is 0.300. The minimum Gasteiger partial charge on any atom is -0.497 e. The van der Waals surface area contributed by atoms with Crippen molar-refractivity contribution in [1.82, 2.24) is 10.8 Å². The van der Waals surface area contributed by atoms with Crippen LogP contribution in [0.5, 0.6) is 5.75 Å². The molecule has 26 heavy (non-hydrogen) atoms. The maximum atomic E-state index is 12.6. The van der Waals surface area contributed by atoms with Crippen molar-refractivity contribution in [3.8, 4) is 5.75 Å². The summed E-state index contributed by atoms with van der Waals surface area (Å²) in [4.78, 5) is 24.1. The van der Waals surface area contributed by atoms with E-state index in [4.69, 9.17) is 9.94 Å². The van der Waals surface area contributed by atoms with Crippen molar-refractivity contribution in [1.29, 1.82) is 0 Å². The molecule has 0 fully saturated rings. The van der Waals surface area contributed by atoms with Gasteiger partial charge < -0.3 is 10.1 Å². The van der Waals surface area contributed by atoms with E-state index in [2.05, 4.69) is 5.32 Å². The molecule has 138 valence electrons. The maximum Gasteiger partial charge on any atom is 0.274 e. The van der Waals surface area contributed by atoms with Gasteiger partial charge in [0, 0.05) is 11.1 Å². The number of nitrogens with one attached hydrogen (secondary N) is 2. The van der Waals surface area contributed by atoms with Gasteiger partial charge in [-0.15, -0.1) is 0 Å².